The number of unbranched alkanes of at least 4 members (excludes halogenated alkanes) is 59. The van der Waals surface area contributed by atoms with Crippen LogP contribution >= 0.6 is 0 Å². The molecule has 0 N–H and O–H groups in total. The summed E-state index contributed by atoms with van der Waals surface area (Å²) in [5, 5.41) is 0. The van der Waals surface area contributed by atoms with Crippen molar-refractivity contribution in [3.05, 3.63) is 12.2 Å². The molecule has 0 amide bonds. The summed E-state index contributed by atoms with van der Waals surface area (Å²) < 4.78 is 16.9. The first kappa shape index (κ1) is 81.2. The highest BCUT2D eigenvalue weighted by Gasteiger charge is 2.20. The Labute approximate surface area is 520 Å². The van der Waals surface area contributed by atoms with Crippen LogP contribution < -0.4 is 0 Å². The average Bonchev–Trinajstić information content (AvgIpc) is 3.50. The normalized spacial score (nSPS) is 12.0. The van der Waals surface area contributed by atoms with Crippen LogP contribution in [0, 0.1) is 0 Å². The van der Waals surface area contributed by atoms with Crippen LogP contribution in [0.5, 0.6) is 0 Å². The summed E-state index contributed by atoms with van der Waals surface area (Å²) >= 11 is 0. The molecule has 0 saturated carbocycles. The van der Waals surface area contributed by atoms with Gasteiger partial charge in [-0.15, -0.1) is 0 Å². The molecule has 0 aliphatic carbocycles. The van der Waals surface area contributed by atoms with Gasteiger partial charge in [-0.05, 0) is 44.9 Å². The van der Waals surface area contributed by atoms with Gasteiger partial charge in [-0.3, -0.25) is 14.4 Å². The Morgan fingerprint density at radius 1 is 0.229 bits per heavy atom. The molecule has 0 fully saturated rings. The van der Waals surface area contributed by atoms with E-state index in [4.69, 9.17) is 14.2 Å². The quantitative estimate of drug-likeness (QED) is 0.0261. The first-order chi connectivity index (χ1) is 41.0. The maximum Gasteiger partial charge on any atom is 0.306 e. The van der Waals surface area contributed by atoms with Gasteiger partial charge in [-0.1, -0.05) is 392 Å². The van der Waals surface area contributed by atoms with Crippen molar-refractivity contribution in [3.8, 4) is 0 Å². The molecule has 0 aromatic rings. The first-order valence-corrected chi connectivity index (χ1v) is 38.2. The van der Waals surface area contributed by atoms with Crippen molar-refractivity contribution in [1.82, 2.24) is 0 Å². The monoisotopic (exact) mass is 1170 g/mol. The Balaban J connectivity index is 3.93. The minimum absolute atomic E-state index is 0.0624. The van der Waals surface area contributed by atoms with Gasteiger partial charge in [-0.25, -0.2) is 0 Å². The molecule has 0 rings (SSSR count). The van der Waals surface area contributed by atoms with Crippen molar-refractivity contribution < 1.29 is 28.6 Å². The van der Waals surface area contributed by atoms with Crippen molar-refractivity contribution in [2.45, 2.75) is 451 Å². The van der Waals surface area contributed by atoms with Crippen LogP contribution in [0.2, 0.25) is 0 Å². The molecular formula is C77H148O6. The number of allylic oxidation sites excluding steroid dienone is 2. The average molecular weight is 1170 g/mol. The van der Waals surface area contributed by atoms with E-state index < -0.39 is 6.10 Å². The Morgan fingerprint density at radius 3 is 0.602 bits per heavy atom. The molecule has 0 heterocycles. The zero-order valence-electron chi connectivity index (χ0n) is 56.8. The van der Waals surface area contributed by atoms with E-state index in [9.17, 15) is 14.4 Å². The molecule has 0 aliphatic rings. The fourth-order valence-electron chi connectivity index (χ4n) is 12.0. The summed E-state index contributed by atoms with van der Waals surface area (Å²) in [4.78, 5) is 38.2. The van der Waals surface area contributed by atoms with E-state index in [1.165, 1.54) is 347 Å². The molecule has 0 aromatic carbocycles. The van der Waals surface area contributed by atoms with Crippen LogP contribution in [-0.2, 0) is 28.6 Å². The molecule has 0 aliphatic heterocycles. The molecule has 6 heteroatoms. The third-order valence-electron chi connectivity index (χ3n) is 17.8. The third-order valence-corrected chi connectivity index (χ3v) is 17.8. The molecule has 1 atom stereocenters. The molecule has 0 bridgehead atoms. The number of rotatable bonds is 72. The van der Waals surface area contributed by atoms with Crippen LogP contribution in [0.1, 0.15) is 445 Å². The topological polar surface area (TPSA) is 78.9 Å². The predicted octanol–water partition coefficient (Wildman–Crippen LogP) is 26.3. The van der Waals surface area contributed by atoms with Gasteiger partial charge in [-0.2, -0.15) is 0 Å². The summed E-state index contributed by atoms with van der Waals surface area (Å²) in [7, 11) is 0. The zero-order valence-corrected chi connectivity index (χ0v) is 56.8. The van der Waals surface area contributed by atoms with Gasteiger partial charge in [0.15, 0.2) is 6.10 Å². The first-order valence-electron chi connectivity index (χ1n) is 38.2. The van der Waals surface area contributed by atoms with Crippen LogP contribution in [-0.4, -0.2) is 37.2 Å². The van der Waals surface area contributed by atoms with Crippen molar-refractivity contribution >= 4 is 17.9 Å². The zero-order chi connectivity index (χ0) is 59.9. The van der Waals surface area contributed by atoms with E-state index in [0.717, 1.165) is 57.8 Å². The van der Waals surface area contributed by atoms with Crippen LogP contribution in [0.25, 0.3) is 0 Å². The summed E-state index contributed by atoms with van der Waals surface area (Å²) in [5.74, 6) is -0.833. The number of hydrogen-bond acceptors (Lipinski definition) is 6. The number of carbonyl (C=O) groups is 3. The summed E-state index contributed by atoms with van der Waals surface area (Å²) in [6.45, 7) is 6.69. The Morgan fingerprint density at radius 2 is 0.398 bits per heavy atom. The molecule has 0 spiro atoms. The van der Waals surface area contributed by atoms with Gasteiger partial charge in [0, 0.05) is 19.3 Å². The number of hydrogen-bond donors (Lipinski definition) is 0. The van der Waals surface area contributed by atoms with E-state index >= 15 is 0 Å². The molecule has 492 valence electrons. The standard InChI is InChI=1S/C77H148O6/c1-4-7-10-13-16-18-20-22-24-26-28-30-32-34-35-36-37-38-39-40-41-43-44-46-48-50-52-54-56-58-61-64-67-70-76(79)82-73-74(72-81-75(78)69-66-63-60-15-12-9-6-3)83-77(80)71-68-65-62-59-57-55-53-51-49-47-45-42-33-31-29-27-25-23-21-19-17-14-11-8-5-2/h26,28,74H,4-25,27,29-73H2,1-3H3/b28-26-. The second-order valence-corrected chi connectivity index (χ2v) is 26.3. The summed E-state index contributed by atoms with van der Waals surface area (Å²) in [5.41, 5.74) is 0. The van der Waals surface area contributed by atoms with Gasteiger partial charge in [0.25, 0.3) is 0 Å². The van der Waals surface area contributed by atoms with Gasteiger partial charge in [0.2, 0.25) is 0 Å². The lowest BCUT2D eigenvalue weighted by molar-refractivity contribution is -0.167. The molecule has 1 unspecified atom stereocenters. The van der Waals surface area contributed by atoms with E-state index in [1.807, 2.05) is 0 Å². The maximum absolute atomic E-state index is 12.9. The minimum atomic E-state index is -0.763. The number of ether oxygens (including phenoxy) is 3. The lowest BCUT2D eigenvalue weighted by Crippen LogP contribution is -2.30. The van der Waals surface area contributed by atoms with Crippen LogP contribution in [0.3, 0.4) is 0 Å². The third kappa shape index (κ3) is 70.8. The summed E-state index contributed by atoms with van der Waals surface area (Å²) in [6.07, 6.45) is 88.8. The maximum atomic E-state index is 12.9. The Bertz CT molecular complexity index is 1300. The molecule has 6 nitrogen and oxygen atoms in total. The van der Waals surface area contributed by atoms with Crippen LogP contribution in [0.15, 0.2) is 12.2 Å². The number of esters is 3. The fraction of sp³-hybridized carbons (Fsp3) is 0.935. The SMILES string of the molecule is CCCCCCCCCC/C=C\CCCCCCCCCCCCCCCCCCCCCCCC(=O)OCC(COC(=O)CCCCCCCCC)OC(=O)CCCCCCCCCCCCCCCCCCCCCCCCCCC. The molecular weight excluding hydrogens is 1020 g/mol. The fourth-order valence-corrected chi connectivity index (χ4v) is 12.0. The van der Waals surface area contributed by atoms with E-state index in [-0.39, 0.29) is 31.1 Å². The highest BCUT2D eigenvalue weighted by atomic mass is 16.6. The second-order valence-electron chi connectivity index (χ2n) is 26.3. The molecule has 0 aromatic heterocycles. The summed E-state index contributed by atoms with van der Waals surface area (Å²) in [6, 6.07) is 0. The molecule has 83 heavy (non-hydrogen) atoms. The Kier molecular flexibility index (Phi) is 71.0. The van der Waals surface area contributed by atoms with E-state index in [0.29, 0.717) is 19.3 Å². The molecule has 0 radical (unpaired) electrons. The highest BCUT2D eigenvalue weighted by Crippen LogP contribution is 2.20. The lowest BCUT2D eigenvalue weighted by Gasteiger charge is -2.18. The smallest absolute Gasteiger partial charge is 0.306 e. The van der Waals surface area contributed by atoms with Crippen molar-refractivity contribution in [2.24, 2.45) is 0 Å². The van der Waals surface area contributed by atoms with Gasteiger partial charge < -0.3 is 14.2 Å². The highest BCUT2D eigenvalue weighted by molar-refractivity contribution is 5.71. The van der Waals surface area contributed by atoms with Crippen molar-refractivity contribution in [2.75, 3.05) is 13.2 Å². The lowest BCUT2D eigenvalue weighted by atomic mass is 10.0. The van der Waals surface area contributed by atoms with Crippen molar-refractivity contribution in [1.29, 1.82) is 0 Å². The number of carbonyl (C=O) groups excluding carboxylic acids is 3. The Hall–Kier alpha value is -1.85. The van der Waals surface area contributed by atoms with Crippen LogP contribution in [0.4, 0.5) is 0 Å². The predicted molar refractivity (Wildman–Crippen MR) is 363 cm³/mol. The van der Waals surface area contributed by atoms with E-state index in [2.05, 4.69) is 32.9 Å². The van der Waals surface area contributed by atoms with Gasteiger partial charge in [0.05, 0.1) is 0 Å². The van der Waals surface area contributed by atoms with Gasteiger partial charge in [0.1, 0.15) is 13.2 Å². The molecule has 0 saturated heterocycles. The van der Waals surface area contributed by atoms with E-state index in [1.54, 1.807) is 0 Å². The van der Waals surface area contributed by atoms with Crippen molar-refractivity contribution in [3.63, 3.8) is 0 Å². The largest absolute Gasteiger partial charge is 0.462 e. The van der Waals surface area contributed by atoms with Gasteiger partial charge >= 0.3 is 17.9 Å². The minimum Gasteiger partial charge on any atom is -0.462 e. The second kappa shape index (κ2) is 72.6.